The SMILES string of the molecule is CCC1SC(=N/N=C/c2ccco2)N(Cc2ccc(F)cc2)C1=O. The van der Waals surface area contributed by atoms with E-state index in [2.05, 4.69) is 10.2 Å². The Morgan fingerprint density at radius 2 is 2.12 bits per heavy atom. The fourth-order valence-corrected chi connectivity index (χ4v) is 3.29. The summed E-state index contributed by atoms with van der Waals surface area (Å²) in [5.41, 5.74) is 0.838. The highest BCUT2D eigenvalue weighted by Crippen LogP contribution is 2.30. The predicted molar refractivity (Wildman–Crippen MR) is 92.4 cm³/mol. The molecule has 1 atom stereocenters. The third-order valence-electron chi connectivity index (χ3n) is 3.52. The van der Waals surface area contributed by atoms with E-state index in [-0.39, 0.29) is 17.0 Å². The van der Waals surface area contributed by atoms with E-state index >= 15 is 0 Å². The maximum Gasteiger partial charge on any atom is 0.242 e. The Morgan fingerprint density at radius 3 is 2.79 bits per heavy atom. The van der Waals surface area contributed by atoms with Gasteiger partial charge in [0, 0.05) is 0 Å². The van der Waals surface area contributed by atoms with E-state index in [1.807, 2.05) is 6.92 Å². The van der Waals surface area contributed by atoms with Crippen molar-refractivity contribution >= 4 is 29.1 Å². The van der Waals surface area contributed by atoms with Gasteiger partial charge in [-0.2, -0.15) is 5.10 Å². The normalized spacial score (nSPS) is 19.8. The summed E-state index contributed by atoms with van der Waals surface area (Å²) in [4.78, 5) is 14.1. The largest absolute Gasteiger partial charge is 0.463 e. The number of carbonyl (C=O) groups is 1. The number of amides is 1. The van der Waals surface area contributed by atoms with E-state index in [0.29, 0.717) is 23.9 Å². The lowest BCUT2D eigenvalue weighted by Crippen LogP contribution is -2.31. The Morgan fingerprint density at radius 1 is 1.33 bits per heavy atom. The molecule has 0 spiro atoms. The van der Waals surface area contributed by atoms with Gasteiger partial charge in [0.15, 0.2) is 5.17 Å². The van der Waals surface area contributed by atoms with Crippen LogP contribution in [0.3, 0.4) is 0 Å². The van der Waals surface area contributed by atoms with E-state index in [1.165, 1.54) is 30.1 Å². The van der Waals surface area contributed by atoms with E-state index in [9.17, 15) is 9.18 Å². The summed E-state index contributed by atoms with van der Waals surface area (Å²) in [6.45, 7) is 2.30. The molecule has 1 aliphatic rings. The van der Waals surface area contributed by atoms with Gasteiger partial charge < -0.3 is 4.42 Å². The molecule has 0 bridgehead atoms. The van der Waals surface area contributed by atoms with Gasteiger partial charge in [0.05, 0.1) is 24.3 Å². The number of rotatable bonds is 5. The molecule has 7 heteroatoms. The quantitative estimate of drug-likeness (QED) is 0.614. The van der Waals surface area contributed by atoms with Crippen LogP contribution in [0.5, 0.6) is 0 Å². The van der Waals surface area contributed by atoms with Crippen molar-refractivity contribution in [3.63, 3.8) is 0 Å². The van der Waals surface area contributed by atoms with Crippen LogP contribution in [0.25, 0.3) is 0 Å². The summed E-state index contributed by atoms with van der Waals surface area (Å²) in [6, 6.07) is 9.61. The van der Waals surface area contributed by atoms with Crippen molar-refractivity contribution in [3.8, 4) is 0 Å². The molecule has 0 saturated carbocycles. The lowest BCUT2D eigenvalue weighted by molar-refractivity contribution is -0.126. The van der Waals surface area contributed by atoms with Crippen molar-refractivity contribution in [3.05, 3.63) is 59.8 Å². The first-order chi connectivity index (χ1) is 11.7. The van der Waals surface area contributed by atoms with E-state index in [4.69, 9.17) is 4.42 Å². The molecule has 24 heavy (non-hydrogen) atoms. The van der Waals surface area contributed by atoms with Crippen LogP contribution in [0.4, 0.5) is 4.39 Å². The Balaban J connectivity index is 1.79. The summed E-state index contributed by atoms with van der Waals surface area (Å²) in [6.07, 6.45) is 3.76. The number of benzene rings is 1. The van der Waals surface area contributed by atoms with Crippen molar-refractivity contribution in [1.29, 1.82) is 0 Å². The van der Waals surface area contributed by atoms with Crippen LogP contribution < -0.4 is 0 Å². The monoisotopic (exact) mass is 345 g/mol. The minimum absolute atomic E-state index is 0.00114. The first-order valence-corrected chi connectivity index (χ1v) is 8.42. The van der Waals surface area contributed by atoms with Gasteiger partial charge >= 0.3 is 0 Å². The number of nitrogens with zero attached hydrogens (tertiary/aromatic N) is 3. The van der Waals surface area contributed by atoms with Crippen molar-refractivity contribution in [2.45, 2.75) is 25.1 Å². The third kappa shape index (κ3) is 3.73. The number of carbonyl (C=O) groups excluding carboxylic acids is 1. The fourth-order valence-electron chi connectivity index (χ4n) is 2.26. The third-order valence-corrected chi connectivity index (χ3v) is 4.85. The molecule has 2 aromatic rings. The first kappa shape index (κ1) is 16.4. The molecule has 124 valence electrons. The number of amidine groups is 1. The lowest BCUT2D eigenvalue weighted by Gasteiger charge is -2.15. The molecule has 0 N–H and O–H groups in total. The van der Waals surface area contributed by atoms with Crippen LogP contribution in [0.2, 0.25) is 0 Å². The smallest absolute Gasteiger partial charge is 0.242 e. The van der Waals surface area contributed by atoms with E-state index in [1.54, 1.807) is 35.4 Å². The molecule has 1 fully saturated rings. The van der Waals surface area contributed by atoms with Crippen LogP contribution in [-0.4, -0.2) is 27.4 Å². The lowest BCUT2D eigenvalue weighted by atomic mass is 10.2. The van der Waals surface area contributed by atoms with Crippen molar-refractivity contribution in [1.82, 2.24) is 4.90 Å². The fraction of sp³-hybridized carbons (Fsp3) is 0.235. The Labute approximate surface area is 143 Å². The van der Waals surface area contributed by atoms with Crippen molar-refractivity contribution in [2.24, 2.45) is 10.2 Å². The zero-order chi connectivity index (χ0) is 16.9. The van der Waals surface area contributed by atoms with Crippen LogP contribution in [-0.2, 0) is 11.3 Å². The predicted octanol–water partition coefficient (Wildman–Crippen LogP) is 3.66. The number of furan rings is 1. The maximum atomic E-state index is 13.0. The van der Waals surface area contributed by atoms with Gasteiger partial charge in [-0.05, 0) is 36.2 Å². The molecule has 0 aliphatic carbocycles. The van der Waals surface area contributed by atoms with Gasteiger partial charge in [-0.25, -0.2) is 4.39 Å². The average molecular weight is 345 g/mol. The molecular weight excluding hydrogens is 329 g/mol. The number of hydrogen-bond donors (Lipinski definition) is 0. The zero-order valence-electron chi connectivity index (χ0n) is 13.1. The molecule has 1 aliphatic heterocycles. The second kappa shape index (κ2) is 7.44. The number of hydrogen-bond acceptors (Lipinski definition) is 5. The average Bonchev–Trinajstić information content (AvgIpc) is 3.20. The summed E-state index contributed by atoms with van der Waals surface area (Å²) in [5.74, 6) is 0.286. The molecule has 3 rings (SSSR count). The molecule has 0 radical (unpaired) electrons. The second-order valence-electron chi connectivity index (χ2n) is 5.21. The Bertz CT molecular complexity index is 757. The molecule has 1 saturated heterocycles. The highest BCUT2D eigenvalue weighted by Gasteiger charge is 2.36. The highest BCUT2D eigenvalue weighted by atomic mass is 32.2. The molecular formula is C17H16FN3O2S. The van der Waals surface area contributed by atoms with Crippen molar-refractivity contribution < 1.29 is 13.6 Å². The summed E-state index contributed by atoms with van der Waals surface area (Å²) >= 11 is 1.39. The summed E-state index contributed by atoms with van der Waals surface area (Å²) < 4.78 is 18.2. The molecule has 1 unspecified atom stereocenters. The van der Waals surface area contributed by atoms with Gasteiger partial charge in [0.1, 0.15) is 11.6 Å². The molecule has 2 heterocycles. The van der Waals surface area contributed by atoms with Crippen LogP contribution in [0, 0.1) is 5.82 Å². The van der Waals surface area contributed by atoms with Crippen LogP contribution in [0.15, 0.2) is 57.3 Å². The minimum Gasteiger partial charge on any atom is -0.463 e. The molecule has 5 nitrogen and oxygen atoms in total. The summed E-state index contributed by atoms with van der Waals surface area (Å²) in [5, 5.41) is 8.54. The van der Waals surface area contributed by atoms with E-state index < -0.39 is 0 Å². The van der Waals surface area contributed by atoms with Gasteiger partial charge in [-0.1, -0.05) is 30.8 Å². The Hall–Kier alpha value is -2.41. The van der Waals surface area contributed by atoms with E-state index in [0.717, 1.165) is 5.56 Å². The van der Waals surface area contributed by atoms with Gasteiger partial charge in [0.25, 0.3) is 0 Å². The Kier molecular flexibility index (Phi) is 5.10. The van der Waals surface area contributed by atoms with Gasteiger partial charge in [-0.3, -0.25) is 9.69 Å². The molecule has 1 amide bonds. The van der Waals surface area contributed by atoms with Gasteiger partial charge in [-0.15, -0.1) is 5.10 Å². The zero-order valence-corrected chi connectivity index (χ0v) is 13.9. The second-order valence-corrected chi connectivity index (χ2v) is 6.38. The molecule has 1 aromatic carbocycles. The number of thioether (sulfide) groups is 1. The maximum absolute atomic E-state index is 13.0. The standard InChI is InChI=1S/C17H16FN3O2S/c1-2-15-16(22)21(11-12-5-7-13(18)8-6-12)17(24-15)20-19-10-14-4-3-9-23-14/h3-10,15H,2,11H2,1H3/b19-10+,20-17?. The molecule has 1 aromatic heterocycles. The first-order valence-electron chi connectivity index (χ1n) is 7.54. The number of halogens is 1. The van der Waals surface area contributed by atoms with Crippen LogP contribution >= 0.6 is 11.8 Å². The minimum atomic E-state index is -0.302. The van der Waals surface area contributed by atoms with Crippen molar-refractivity contribution in [2.75, 3.05) is 0 Å². The van der Waals surface area contributed by atoms with Gasteiger partial charge in [0.2, 0.25) is 5.91 Å². The summed E-state index contributed by atoms with van der Waals surface area (Å²) in [7, 11) is 0. The highest BCUT2D eigenvalue weighted by molar-refractivity contribution is 8.15. The van der Waals surface area contributed by atoms with Crippen LogP contribution in [0.1, 0.15) is 24.7 Å². The topological polar surface area (TPSA) is 58.2 Å².